The van der Waals surface area contributed by atoms with Crippen LogP contribution in [0, 0.1) is 10.1 Å². The highest BCUT2D eigenvalue weighted by Gasteiger charge is 2.26. The van der Waals surface area contributed by atoms with Crippen LogP contribution in [0.3, 0.4) is 0 Å². The molecular weight excluding hydrogens is 270 g/mol. The Kier molecular flexibility index (Phi) is 5.14. The normalized spacial score (nSPS) is 18.9. The minimum atomic E-state index is -0.378. The van der Waals surface area contributed by atoms with E-state index in [0.717, 1.165) is 26.1 Å². The minimum absolute atomic E-state index is 0.0603. The highest BCUT2D eigenvalue weighted by Crippen LogP contribution is 2.30. The summed E-state index contributed by atoms with van der Waals surface area (Å²) in [5, 5.41) is 20.4. The summed E-state index contributed by atoms with van der Waals surface area (Å²) in [6.07, 6.45) is 2.33. The van der Waals surface area contributed by atoms with Crippen molar-refractivity contribution in [2.24, 2.45) is 0 Å². The van der Waals surface area contributed by atoms with Gasteiger partial charge >= 0.3 is 0 Å². The number of aliphatic hydroxyl groups excluding tert-OH is 1. The molecule has 2 rings (SSSR count). The van der Waals surface area contributed by atoms with Gasteiger partial charge in [-0.25, -0.2) is 0 Å². The van der Waals surface area contributed by atoms with E-state index in [1.165, 1.54) is 12.5 Å². The quantitative estimate of drug-likeness (QED) is 0.642. The molecule has 1 N–H and O–H groups in total. The third-order valence-electron chi connectivity index (χ3n) is 4.22. The lowest BCUT2D eigenvalue weighted by molar-refractivity contribution is -0.384. The summed E-state index contributed by atoms with van der Waals surface area (Å²) in [7, 11) is 1.90. The Hall–Kier alpha value is -1.66. The summed E-state index contributed by atoms with van der Waals surface area (Å²) in [5.74, 6) is 0. The third kappa shape index (κ3) is 3.51. The van der Waals surface area contributed by atoms with Crippen molar-refractivity contribution in [3.05, 3.63) is 33.9 Å². The first-order valence-electron chi connectivity index (χ1n) is 7.40. The van der Waals surface area contributed by atoms with Crippen molar-refractivity contribution < 1.29 is 10.0 Å². The van der Waals surface area contributed by atoms with E-state index in [1.807, 2.05) is 11.9 Å². The number of likely N-dealkylation sites (N-methyl/N-ethyl adjacent to an activating group) is 2. The van der Waals surface area contributed by atoms with Gasteiger partial charge in [-0.05, 0) is 37.6 Å². The van der Waals surface area contributed by atoms with Crippen LogP contribution < -0.4 is 4.90 Å². The Balaban J connectivity index is 2.18. The number of nitro benzene ring substituents is 1. The summed E-state index contributed by atoms with van der Waals surface area (Å²) >= 11 is 0. The van der Waals surface area contributed by atoms with Crippen molar-refractivity contribution in [1.82, 2.24) is 4.90 Å². The number of hydrogen-bond acceptors (Lipinski definition) is 5. The van der Waals surface area contributed by atoms with Gasteiger partial charge in [0.2, 0.25) is 0 Å². The van der Waals surface area contributed by atoms with Crippen LogP contribution in [0.4, 0.5) is 11.4 Å². The predicted octanol–water partition coefficient (Wildman–Crippen LogP) is 2.01. The second-order valence-electron chi connectivity index (χ2n) is 5.54. The summed E-state index contributed by atoms with van der Waals surface area (Å²) < 4.78 is 0. The van der Waals surface area contributed by atoms with E-state index in [4.69, 9.17) is 5.11 Å². The largest absolute Gasteiger partial charge is 0.392 e. The van der Waals surface area contributed by atoms with Gasteiger partial charge in [-0.3, -0.25) is 15.0 Å². The van der Waals surface area contributed by atoms with Crippen molar-refractivity contribution in [1.29, 1.82) is 0 Å². The maximum absolute atomic E-state index is 11.2. The lowest BCUT2D eigenvalue weighted by Crippen LogP contribution is -2.38. The zero-order valence-corrected chi connectivity index (χ0v) is 12.7. The average Bonchev–Trinajstić information content (AvgIpc) is 2.93. The molecule has 1 unspecified atom stereocenters. The molecule has 1 atom stereocenters. The lowest BCUT2D eigenvalue weighted by Gasteiger charge is -2.28. The van der Waals surface area contributed by atoms with Crippen molar-refractivity contribution >= 4 is 11.4 Å². The van der Waals surface area contributed by atoms with Crippen molar-refractivity contribution in [3.63, 3.8) is 0 Å². The molecule has 1 heterocycles. The second kappa shape index (κ2) is 6.87. The van der Waals surface area contributed by atoms with Crippen LogP contribution in [0.5, 0.6) is 0 Å². The molecule has 0 spiro atoms. The van der Waals surface area contributed by atoms with Gasteiger partial charge in [-0.2, -0.15) is 0 Å². The Morgan fingerprint density at radius 2 is 2.29 bits per heavy atom. The summed E-state index contributed by atoms with van der Waals surface area (Å²) in [6, 6.07) is 5.38. The van der Waals surface area contributed by atoms with Gasteiger partial charge in [0.15, 0.2) is 0 Å². The summed E-state index contributed by atoms with van der Waals surface area (Å²) in [5.41, 5.74) is 1.24. The molecule has 116 valence electrons. The Labute approximate surface area is 125 Å². The topological polar surface area (TPSA) is 69.8 Å². The number of anilines is 1. The van der Waals surface area contributed by atoms with Crippen molar-refractivity contribution in [3.8, 4) is 0 Å². The zero-order valence-electron chi connectivity index (χ0n) is 12.7. The molecule has 1 fully saturated rings. The lowest BCUT2D eigenvalue weighted by atomic mass is 10.1. The molecule has 21 heavy (non-hydrogen) atoms. The standard InChI is InChI=1S/C15H23N3O3/c1-3-17-8-4-5-13(17)10-16(2)14-7-6-12(11-19)9-15(14)18(20)21/h6-7,9,13,19H,3-5,8,10-11H2,1-2H3. The molecule has 0 amide bonds. The van der Waals surface area contributed by atoms with Crippen LogP contribution >= 0.6 is 0 Å². The first-order chi connectivity index (χ1) is 10.1. The SMILES string of the molecule is CCN1CCCC1CN(C)c1ccc(CO)cc1[N+](=O)[O-]. The Morgan fingerprint density at radius 1 is 1.52 bits per heavy atom. The number of nitro groups is 1. The number of aliphatic hydroxyl groups is 1. The maximum atomic E-state index is 11.2. The minimum Gasteiger partial charge on any atom is -0.392 e. The highest BCUT2D eigenvalue weighted by atomic mass is 16.6. The molecule has 0 aromatic heterocycles. The molecule has 1 saturated heterocycles. The number of nitrogens with zero attached hydrogens (tertiary/aromatic N) is 3. The van der Waals surface area contributed by atoms with E-state index in [-0.39, 0.29) is 17.2 Å². The average molecular weight is 293 g/mol. The fourth-order valence-corrected chi connectivity index (χ4v) is 3.07. The van der Waals surface area contributed by atoms with E-state index in [0.29, 0.717) is 17.3 Å². The Bertz CT molecular complexity index is 507. The molecule has 1 aromatic rings. The zero-order chi connectivity index (χ0) is 15.4. The van der Waals surface area contributed by atoms with E-state index < -0.39 is 0 Å². The fraction of sp³-hybridized carbons (Fsp3) is 0.600. The third-order valence-corrected chi connectivity index (χ3v) is 4.22. The molecule has 0 saturated carbocycles. The molecule has 6 nitrogen and oxygen atoms in total. The number of hydrogen-bond donors (Lipinski definition) is 1. The van der Waals surface area contributed by atoms with Crippen LogP contribution in [-0.4, -0.2) is 47.7 Å². The Morgan fingerprint density at radius 3 is 2.90 bits per heavy atom. The number of rotatable bonds is 6. The van der Waals surface area contributed by atoms with E-state index in [1.54, 1.807) is 12.1 Å². The molecule has 1 aromatic carbocycles. The first-order valence-corrected chi connectivity index (χ1v) is 7.40. The van der Waals surface area contributed by atoms with Gasteiger partial charge < -0.3 is 10.0 Å². The smallest absolute Gasteiger partial charge is 0.292 e. The molecule has 0 radical (unpaired) electrons. The maximum Gasteiger partial charge on any atom is 0.292 e. The van der Waals surface area contributed by atoms with Crippen LogP contribution in [0.2, 0.25) is 0 Å². The monoisotopic (exact) mass is 293 g/mol. The molecule has 6 heteroatoms. The van der Waals surface area contributed by atoms with Gasteiger partial charge in [0.1, 0.15) is 5.69 Å². The van der Waals surface area contributed by atoms with E-state index >= 15 is 0 Å². The van der Waals surface area contributed by atoms with Crippen molar-refractivity contribution in [2.75, 3.05) is 31.6 Å². The molecular formula is C15H23N3O3. The van der Waals surface area contributed by atoms with Gasteiger partial charge in [0.05, 0.1) is 11.5 Å². The van der Waals surface area contributed by atoms with E-state index in [2.05, 4.69) is 11.8 Å². The van der Waals surface area contributed by atoms with Gasteiger partial charge in [-0.1, -0.05) is 13.0 Å². The van der Waals surface area contributed by atoms with Crippen LogP contribution in [-0.2, 0) is 6.61 Å². The first kappa shape index (κ1) is 15.7. The predicted molar refractivity (Wildman–Crippen MR) is 82.6 cm³/mol. The van der Waals surface area contributed by atoms with Crippen LogP contribution in [0.25, 0.3) is 0 Å². The van der Waals surface area contributed by atoms with Crippen molar-refractivity contribution in [2.45, 2.75) is 32.4 Å². The molecule has 0 bridgehead atoms. The molecule has 1 aliphatic rings. The van der Waals surface area contributed by atoms with Crippen LogP contribution in [0.1, 0.15) is 25.3 Å². The van der Waals surface area contributed by atoms with Gasteiger partial charge in [0.25, 0.3) is 5.69 Å². The van der Waals surface area contributed by atoms with Gasteiger partial charge in [-0.15, -0.1) is 0 Å². The highest BCUT2D eigenvalue weighted by molar-refractivity contribution is 5.64. The fourth-order valence-electron chi connectivity index (χ4n) is 3.07. The second-order valence-corrected chi connectivity index (χ2v) is 5.54. The van der Waals surface area contributed by atoms with E-state index in [9.17, 15) is 10.1 Å². The number of likely N-dealkylation sites (tertiary alicyclic amines) is 1. The van der Waals surface area contributed by atoms with Gasteiger partial charge in [0, 0.05) is 25.7 Å². The number of benzene rings is 1. The summed E-state index contributed by atoms with van der Waals surface area (Å²) in [4.78, 5) is 15.2. The van der Waals surface area contributed by atoms with Crippen LogP contribution in [0.15, 0.2) is 18.2 Å². The molecule has 1 aliphatic heterocycles. The summed E-state index contributed by atoms with van der Waals surface area (Å²) in [6.45, 7) is 4.88. The molecule has 0 aliphatic carbocycles.